The van der Waals surface area contributed by atoms with Gasteiger partial charge >= 0.3 is 11.9 Å². The lowest BCUT2D eigenvalue weighted by molar-refractivity contribution is -0.297. The summed E-state index contributed by atoms with van der Waals surface area (Å²) in [5.74, 6) is -1.99. The second-order valence-corrected chi connectivity index (χ2v) is 19.7. The van der Waals surface area contributed by atoms with E-state index in [1.54, 1.807) is 0 Å². The van der Waals surface area contributed by atoms with Gasteiger partial charge in [-0.25, -0.2) is 0 Å². The number of aliphatic hydroxyl groups excluding tert-OH is 3. The van der Waals surface area contributed by atoms with Gasteiger partial charge in [-0.2, -0.15) is 8.42 Å². The number of unbranched alkanes of at least 4 members (excludes halogenated alkanes) is 28. The lowest BCUT2D eigenvalue weighted by Gasteiger charge is -2.40. The van der Waals surface area contributed by atoms with Crippen molar-refractivity contribution in [3.05, 3.63) is 24.3 Å². The third-order valence-corrected chi connectivity index (χ3v) is 12.8. The number of hydrogen-bond acceptors (Lipinski definition) is 11. The fourth-order valence-electron chi connectivity index (χ4n) is 8.01. The number of carbonyl (C=O) groups is 2. The molecule has 0 aliphatic carbocycles. The first-order valence-electron chi connectivity index (χ1n) is 25.9. The van der Waals surface area contributed by atoms with Gasteiger partial charge in [0.05, 0.1) is 6.61 Å². The molecule has 0 bridgehead atoms. The zero-order valence-corrected chi connectivity index (χ0v) is 41.2. The minimum absolute atomic E-state index is 0.151. The van der Waals surface area contributed by atoms with Crippen molar-refractivity contribution in [2.45, 2.75) is 269 Å². The van der Waals surface area contributed by atoms with E-state index in [0.29, 0.717) is 12.8 Å². The van der Waals surface area contributed by atoms with E-state index in [2.05, 4.69) is 38.2 Å². The predicted octanol–water partition coefficient (Wildman–Crippen LogP) is 11.6. The highest BCUT2D eigenvalue weighted by molar-refractivity contribution is 7.85. The number of aliphatic hydroxyl groups is 3. The van der Waals surface area contributed by atoms with Gasteiger partial charge in [-0.3, -0.25) is 14.1 Å². The van der Waals surface area contributed by atoms with Crippen LogP contribution in [0.25, 0.3) is 0 Å². The third kappa shape index (κ3) is 35.3. The van der Waals surface area contributed by atoms with Crippen molar-refractivity contribution in [1.29, 1.82) is 0 Å². The Labute approximate surface area is 389 Å². The SMILES string of the molecule is CCC/C=C\C/C=C\CCCCCCCC(=O)OC(COC(=O)CCCCCCCCCCCCCCCCCCCCCCCCC)COC1OC(CS(=O)(=O)O)C(O)C(O)C1O. The molecule has 0 aromatic carbocycles. The summed E-state index contributed by atoms with van der Waals surface area (Å²) in [6, 6.07) is 0. The molecule has 376 valence electrons. The molecule has 1 saturated heterocycles. The maximum Gasteiger partial charge on any atom is 0.306 e. The van der Waals surface area contributed by atoms with E-state index in [4.69, 9.17) is 18.9 Å². The molecular formula is C51H94O12S. The van der Waals surface area contributed by atoms with Crippen LogP contribution in [0.5, 0.6) is 0 Å². The minimum Gasteiger partial charge on any atom is -0.462 e. The van der Waals surface area contributed by atoms with Crippen molar-refractivity contribution < 1.29 is 56.8 Å². The van der Waals surface area contributed by atoms with Crippen molar-refractivity contribution in [1.82, 2.24) is 0 Å². The van der Waals surface area contributed by atoms with Crippen LogP contribution in [0.1, 0.15) is 232 Å². The largest absolute Gasteiger partial charge is 0.462 e. The van der Waals surface area contributed by atoms with Gasteiger partial charge in [-0.1, -0.05) is 205 Å². The van der Waals surface area contributed by atoms with E-state index >= 15 is 0 Å². The molecule has 0 amide bonds. The molecule has 0 aromatic heterocycles. The van der Waals surface area contributed by atoms with E-state index < -0.39 is 71.2 Å². The maximum atomic E-state index is 12.8. The molecule has 1 aliphatic heterocycles. The molecular weight excluding hydrogens is 837 g/mol. The highest BCUT2D eigenvalue weighted by Crippen LogP contribution is 2.24. The molecule has 64 heavy (non-hydrogen) atoms. The van der Waals surface area contributed by atoms with Crippen LogP contribution in [-0.4, -0.2) is 96.0 Å². The molecule has 1 heterocycles. The smallest absolute Gasteiger partial charge is 0.306 e. The zero-order chi connectivity index (χ0) is 46.9. The molecule has 0 saturated carbocycles. The second kappa shape index (κ2) is 41.3. The summed E-state index contributed by atoms with van der Waals surface area (Å²) >= 11 is 0. The fourth-order valence-corrected chi connectivity index (χ4v) is 8.70. The number of rotatable bonds is 44. The lowest BCUT2D eigenvalue weighted by atomic mass is 10.00. The standard InChI is InChI=1S/C51H94O12S/c1-3-5-7-9-11-13-15-17-18-19-20-21-22-23-24-25-26-28-29-31-33-35-37-39-46(52)60-41-44(42-61-51-50(56)49(55)48(54)45(63-51)43-64(57,58)59)62-47(53)40-38-36-34-32-30-27-16-14-12-10-8-6-4-2/h8,10,14,16,44-45,48-51,54-56H,3-7,9,11-13,15,17-43H2,1-2H3,(H,57,58,59)/b10-8-,16-14-. The van der Waals surface area contributed by atoms with Gasteiger partial charge in [0.2, 0.25) is 0 Å². The van der Waals surface area contributed by atoms with Gasteiger partial charge in [0, 0.05) is 12.8 Å². The Hall–Kier alpha value is -1.87. The van der Waals surface area contributed by atoms with Crippen molar-refractivity contribution in [3.63, 3.8) is 0 Å². The Bertz CT molecular complexity index is 1270. The molecule has 1 fully saturated rings. The first-order valence-corrected chi connectivity index (χ1v) is 27.5. The normalized spacial score (nSPS) is 19.8. The van der Waals surface area contributed by atoms with E-state index in [0.717, 1.165) is 70.6 Å². The average molecular weight is 931 g/mol. The third-order valence-electron chi connectivity index (χ3n) is 12.0. The van der Waals surface area contributed by atoms with Crippen LogP contribution < -0.4 is 0 Å². The summed E-state index contributed by atoms with van der Waals surface area (Å²) in [7, 11) is -4.60. The van der Waals surface area contributed by atoms with E-state index in [9.17, 15) is 37.9 Å². The molecule has 4 N–H and O–H groups in total. The Morgan fingerprint density at radius 3 is 1.44 bits per heavy atom. The van der Waals surface area contributed by atoms with Crippen LogP contribution in [0.15, 0.2) is 24.3 Å². The molecule has 1 rings (SSSR count). The topological polar surface area (TPSA) is 186 Å². The number of allylic oxidation sites excluding steroid dienone is 4. The minimum atomic E-state index is -4.60. The quantitative estimate of drug-likeness (QED) is 0.0196. The molecule has 13 heteroatoms. The second-order valence-electron chi connectivity index (χ2n) is 18.2. The Morgan fingerprint density at radius 2 is 0.969 bits per heavy atom. The Kier molecular flexibility index (Phi) is 38.8. The molecule has 6 atom stereocenters. The highest BCUT2D eigenvalue weighted by Gasteiger charge is 2.46. The summed E-state index contributed by atoms with van der Waals surface area (Å²) < 4.78 is 54.2. The van der Waals surface area contributed by atoms with Crippen molar-refractivity contribution in [2.24, 2.45) is 0 Å². The summed E-state index contributed by atoms with van der Waals surface area (Å²) in [4.78, 5) is 25.5. The number of carbonyl (C=O) groups excluding carboxylic acids is 2. The van der Waals surface area contributed by atoms with Crippen LogP contribution in [0.4, 0.5) is 0 Å². The fraction of sp³-hybridized carbons (Fsp3) is 0.882. The van der Waals surface area contributed by atoms with Crippen LogP contribution in [0.2, 0.25) is 0 Å². The first kappa shape index (κ1) is 60.1. The molecule has 0 radical (unpaired) electrons. The monoisotopic (exact) mass is 931 g/mol. The average Bonchev–Trinajstić information content (AvgIpc) is 3.26. The van der Waals surface area contributed by atoms with Crippen LogP contribution >= 0.6 is 0 Å². The first-order chi connectivity index (χ1) is 31.0. The van der Waals surface area contributed by atoms with Crippen molar-refractivity contribution in [2.75, 3.05) is 19.0 Å². The van der Waals surface area contributed by atoms with Crippen LogP contribution in [0, 0.1) is 0 Å². The Morgan fingerprint density at radius 1 is 0.531 bits per heavy atom. The molecule has 12 nitrogen and oxygen atoms in total. The van der Waals surface area contributed by atoms with Gasteiger partial charge in [0.25, 0.3) is 10.1 Å². The van der Waals surface area contributed by atoms with Gasteiger partial charge in [0.15, 0.2) is 12.4 Å². The van der Waals surface area contributed by atoms with E-state index in [-0.39, 0.29) is 19.4 Å². The van der Waals surface area contributed by atoms with Gasteiger partial charge in [-0.05, 0) is 38.5 Å². The molecule has 0 aromatic rings. The van der Waals surface area contributed by atoms with E-state index in [1.165, 1.54) is 122 Å². The van der Waals surface area contributed by atoms with Crippen LogP contribution in [0.3, 0.4) is 0 Å². The van der Waals surface area contributed by atoms with Gasteiger partial charge < -0.3 is 34.3 Å². The molecule has 0 spiro atoms. The lowest BCUT2D eigenvalue weighted by Crippen LogP contribution is -2.60. The number of esters is 2. The van der Waals surface area contributed by atoms with Crippen molar-refractivity contribution in [3.8, 4) is 0 Å². The van der Waals surface area contributed by atoms with Gasteiger partial charge in [0.1, 0.15) is 36.8 Å². The predicted molar refractivity (Wildman–Crippen MR) is 256 cm³/mol. The molecule has 1 aliphatic rings. The summed E-state index contributed by atoms with van der Waals surface area (Å²) in [6.07, 6.45) is 38.0. The Balaban J connectivity index is 2.31. The summed E-state index contributed by atoms with van der Waals surface area (Å²) in [5, 5.41) is 30.9. The van der Waals surface area contributed by atoms with Crippen molar-refractivity contribution >= 4 is 22.1 Å². The number of hydrogen-bond donors (Lipinski definition) is 4. The number of ether oxygens (including phenoxy) is 4. The molecule has 6 unspecified atom stereocenters. The van der Waals surface area contributed by atoms with Crippen LogP contribution in [-0.2, 0) is 38.7 Å². The maximum absolute atomic E-state index is 12.8. The van der Waals surface area contributed by atoms with Gasteiger partial charge in [-0.15, -0.1) is 0 Å². The highest BCUT2D eigenvalue weighted by atomic mass is 32.2. The summed E-state index contributed by atoms with van der Waals surface area (Å²) in [6.45, 7) is 3.71. The van der Waals surface area contributed by atoms with E-state index in [1.807, 2.05) is 0 Å². The zero-order valence-electron chi connectivity index (χ0n) is 40.4. The summed E-state index contributed by atoms with van der Waals surface area (Å²) in [5.41, 5.74) is 0.